The van der Waals surface area contributed by atoms with Gasteiger partial charge in [0.15, 0.2) is 5.60 Å². The summed E-state index contributed by atoms with van der Waals surface area (Å²) in [7, 11) is 0. The van der Waals surface area contributed by atoms with Crippen molar-refractivity contribution in [3.63, 3.8) is 0 Å². The molecule has 30 heavy (non-hydrogen) atoms. The Hall–Kier alpha value is -2.53. The summed E-state index contributed by atoms with van der Waals surface area (Å²) in [5.74, 6) is 0.0940. The molecule has 0 unspecified atom stereocenters. The molecule has 3 rings (SSSR count). The fourth-order valence-electron chi connectivity index (χ4n) is 3.92. The minimum Gasteiger partial charge on any atom is -0.478 e. The maximum atomic E-state index is 13.7. The molecular weight excluding hydrogens is 400 g/mol. The van der Waals surface area contributed by atoms with Gasteiger partial charge in [-0.3, -0.25) is 4.79 Å². The highest BCUT2D eigenvalue weighted by atomic mass is 35.5. The predicted molar refractivity (Wildman–Crippen MR) is 120 cm³/mol. The van der Waals surface area contributed by atoms with Gasteiger partial charge in [-0.25, -0.2) is 9.69 Å². The van der Waals surface area contributed by atoms with Gasteiger partial charge in [0.2, 0.25) is 0 Å². The van der Waals surface area contributed by atoms with Gasteiger partial charge in [0, 0.05) is 17.1 Å². The van der Waals surface area contributed by atoms with E-state index in [1.165, 1.54) is 4.90 Å². The smallest absolute Gasteiger partial charge is 0.331 e. The number of piperidine rings is 1. The maximum Gasteiger partial charge on any atom is 0.331 e. The molecular formula is C24H29ClN2O3. The van der Waals surface area contributed by atoms with Gasteiger partial charge in [-0.05, 0) is 83.4 Å². The fraction of sp³-hybridized carbons (Fsp3) is 0.417. The molecule has 1 fully saturated rings. The number of carbonyl (C=O) groups excluding carboxylic acids is 2. The first kappa shape index (κ1) is 22.2. The maximum absolute atomic E-state index is 13.7. The van der Waals surface area contributed by atoms with Crippen LogP contribution in [0.5, 0.6) is 5.75 Å². The van der Waals surface area contributed by atoms with Crippen LogP contribution in [-0.4, -0.2) is 34.5 Å². The van der Waals surface area contributed by atoms with E-state index < -0.39 is 11.5 Å². The van der Waals surface area contributed by atoms with Crippen LogP contribution in [0.3, 0.4) is 0 Å². The Morgan fingerprint density at radius 3 is 2.13 bits per heavy atom. The number of likely N-dealkylation sites (tertiary alicyclic amines) is 1. The van der Waals surface area contributed by atoms with E-state index in [9.17, 15) is 9.59 Å². The van der Waals surface area contributed by atoms with Crippen molar-refractivity contribution in [1.82, 2.24) is 4.90 Å². The molecule has 0 aliphatic carbocycles. The average molecular weight is 429 g/mol. The Kier molecular flexibility index (Phi) is 6.71. The number of rotatable bonds is 4. The molecule has 1 saturated heterocycles. The van der Waals surface area contributed by atoms with Gasteiger partial charge in [0.05, 0.1) is 5.69 Å². The molecule has 0 spiro atoms. The molecule has 5 nitrogen and oxygen atoms in total. The molecule has 2 aromatic rings. The zero-order valence-electron chi connectivity index (χ0n) is 18.0. The number of para-hydroxylation sites is 1. The van der Waals surface area contributed by atoms with Crippen molar-refractivity contribution < 1.29 is 14.3 Å². The van der Waals surface area contributed by atoms with Gasteiger partial charge in [0.1, 0.15) is 5.75 Å². The molecule has 0 N–H and O–H groups in total. The van der Waals surface area contributed by atoms with Crippen molar-refractivity contribution in [2.24, 2.45) is 0 Å². The van der Waals surface area contributed by atoms with Crippen LogP contribution in [0, 0.1) is 0 Å². The molecule has 0 bridgehead atoms. The number of benzene rings is 2. The minimum atomic E-state index is -1.26. The number of imide groups is 1. The Labute approximate surface area is 183 Å². The van der Waals surface area contributed by atoms with E-state index in [0.29, 0.717) is 16.5 Å². The number of urea groups is 1. The molecule has 3 amide bonds. The molecule has 0 saturated carbocycles. The van der Waals surface area contributed by atoms with E-state index in [1.54, 1.807) is 50.2 Å². The molecule has 2 atom stereocenters. The van der Waals surface area contributed by atoms with E-state index in [1.807, 2.05) is 36.9 Å². The Morgan fingerprint density at radius 2 is 1.57 bits per heavy atom. The average Bonchev–Trinajstić information content (AvgIpc) is 2.70. The van der Waals surface area contributed by atoms with Crippen LogP contribution < -0.4 is 9.64 Å². The first-order valence-electron chi connectivity index (χ1n) is 10.4. The van der Waals surface area contributed by atoms with Crippen molar-refractivity contribution in [1.29, 1.82) is 0 Å². The predicted octanol–water partition coefficient (Wildman–Crippen LogP) is 5.91. The van der Waals surface area contributed by atoms with Gasteiger partial charge >= 0.3 is 6.03 Å². The van der Waals surface area contributed by atoms with Crippen molar-refractivity contribution in [3.8, 4) is 5.75 Å². The highest BCUT2D eigenvalue weighted by Crippen LogP contribution is 2.29. The van der Waals surface area contributed by atoms with E-state index >= 15 is 0 Å². The first-order valence-corrected chi connectivity index (χ1v) is 10.7. The van der Waals surface area contributed by atoms with Crippen molar-refractivity contribution in [2.75, 3.05) is 4.90 Å². The lowest BCUT2D eigenvalue weighted by molar-refractivity contribution is -0.130. The van der Waals surface area contributed by atoms with Gasteiger partial charge in [-0.15, -0.1) is 0 Å². The van der Waals surface area contributed by atoms with E-state index in [2.05, 4.69) is 0 Å². The number of nitrogens with zero attached hydrogens (tertiary/aromatic N) is 2. The number of anilines is 1. The van der Waals surface area contributed by atoms with Crippen LogP contribution in [0.15, 0.2) is 54.6 Å². The molecule has 1 aliphatic heterocycles. The molecule has 6 heteroatoms. The van der Waals surface area contributed by atoms with Crippen LogP contribution in [0.4, 0.5) is 10.5 Å². The third-order valence-electron chi connectivity index (χ3n) is 5.52. The number of hydrogen-bond acceptors (Lipinski definition) is 3. The second kappa shape index (κ2) is 9.09. The highest BCUT2D eigenvalue weighted by molar-refractivity contribution is 6.30. The highest BCUT2D eigenvalue weighted by Gasteiger charge is 2.42. The number of ether oxygens (including phenoxy) is 1. The zero-order valence-corrected chi connectivity index (χ0v) is 18.7. The number of hydrogen-bond donors (Lipinski definition) is 0. The van der Waals surface area contributed by atoms with E-state index in [4.69, 9.17) is 16.3 Å². The van der Waals surface area contributed by atoms with E-state index in [-0.39, 0.29) is 18.1 Å². The zero-order chi connectivity index (χ0) is 21.9. The molecule has 1 heterocycles. The van der Waals surface area contributed by atoms with Crippen LogP contribution >= 0.6 is 11.6 Å². The lowest BCUT2D eigenvalue weighted by atomic mass is 9.97. The second-order valence-electron chi connectivity index (χ2n) is 8.36. The minimum absolute atomic E-state index is 0.0700. The lowest BCUT2D eigenvalue weighted by Crippen LogP contribution is -2.59. The lowest BCUT2D eigenvalue weighted by Gasteiger charge is -2.42. The fourth-order valence-corrected chi connectivity index (χ4v) is 4.04. The Bertz CT molecular complexity index is 873. The number of amides is 3. The SMILES string of the molecule is C[C@@H]1CCC[C@H](C)N1C(=O)N(C(=O)C(C)(C)Oc1ccc(Cl)cc1)c1ccccc1. The van der Waals surface area contributed by atoms with Crippen LogP contribution in [-0.2, 0) is 4.79 Å². The summed E-state index contributed by atoms with van der Waals surface area (Å²) < 4.78 is 5.99. The quantitative estimate of drug-likeness (QED) is 0.607. The van der Waals surface area contributed by atoms with Crippen LogP contribution in [0.2, 0.25) is 5.02 Å². The third-order valence-corrected chi connectivity index (χ3v) is 5.78. The van der Waals surface area contributed by atoms with Crippen molar-refractivity contribution in [3.05, 3.63) is 59.6 Å². The molecule has 1 aliphatic rings. The summed E-state index contributed by atoms with van der Waals surface area (Å²) >= 11 is 5.95. The largest absolute Gasteiger partial charge is 0.478 e. The molecule has 0 aromatic heterocycles. The van der Waals surface area contributed by atoms with Crippen molar-refractivity contribution >= 4 is 29.2 Å². The summed E-state index contributed by atoms with van der Waals surface area (Å²) in [5.41, 5.74) is -0.730. The van der Waals surface area contributed by atoms with Crippen molar-refractivity contribution in [2.45, 2.75) is 64.6 Å². The summed E-state index contributed by atoms with van der Waals surface area (Å²) in [4.78, 5) is 30.4. The standard InChI is InChI=1S/C24H29ClN2O3/c1-17-9-8-10-18(2)26(17)23(29)27(20-11-6-5-7-12-20)22(28)24(3,4)30-21-15-13-19(25)14-16-21/h5-7,11-18H,8-10H2,1-4H3/t17-,18+. The summed E-state index contributed by atoms with van der Waals surface area (Å²) in [5, 5.41) is 0.584. The van der Waals surface area contributed by atoms with Crippen LogP contribution in [0.1, 0.15) is 47.0 Å². The van der Waals surface area contributed by atoms with Gasteiger partial charge in [-0.2, -0.15) is 0 Å². The summed E-state index contributed by atoms with van der Waals surface area (Å²) in [6, 6.07) is 15.7. The van der Waals surface area contributed by atoms with Gasteiger partial charge in [0.25, 0.3) is 5.91 Å². The second-order valence-corrected chi connectivity index (χ2v) is 8.80. The summed E-state index contributed by atoms with van der Waals surface area (Å²) in [6.07, 6.45) is 2.94. The Balaban J connectivity index is 1.94. The monoisotopic (exact) mass is 428 g/mol. The van der Waals surface area contributed by atoms with Gasteiger partial charge in [-0.1, -0.05) is 29.8 Å². The Morgan fingerprint density at radius 1 is 1.00 bits per heavy atom. The van der Waals surface area contributed by atoms with Crippen LogP contribution in [0.25, 0.3) is 0 Å². The number of carbonyl (C=O) groups is 2. The molecule has 160 valence electrons. The summed E-state index contributed by atoms with van der Waals surface area (Å²) in [6.45, 7) is 7.43. The van der Waals surface area contributed by atoms with E-state index in [0.717, 1.165) is 19.3 Å². The normalized spacial score (nSPS) is 19.3. The molecule has 2 aromatic carbocycles. The first-order chi connectivity index (χ1) is 14.2. The third kappa shape index (κ3) is 4.78. The molecule has 0 radical (unpaired) electrons. The topological polar surface area (TPSA) is 49.9 Å². The number of halogens is 1. The van der Waals surface area contributed by atoms with Gasteiger partial charge < -0.3 is 9.64 Å².